The second kappa shape index (κ2) is 10.8. The van der Waals surface area contributed by atoms with Crippen molar-refractivity contribution in [3.63, 3.8) is 0 Å². The standard InChI is InChI=1S/C30H44O7/c1-19(18-31)26-20(2)24(35-28(4,5)37-26)17-23-13-15-30(7,34-23)25-14-16-29(6,36-25)21(3)33-27(32)22-11-9-8-10-12-22/h8-12,18-21,23-26H,13-17H2,1-7H3/t19-,20+,21-,23-,24+,25-,26-,29+,30+/m1/s1. The average molecular weight is 517 g/mol. The first-order valence-corrected chi connectivity index (χ1v) is 13.8. The normalized spacial score (nSPS) is 39.2. The molecule has 1 aromatic carbocycles. The zero-order valence-corrected chi connectivity index (χ0v) is 23.4. The Morgan fingerprint density at radius 2 is 1.73 bits per heavy atom. The maximum atomic E-state index is 12.6. The monoisotopic (exact) mass is 516 g/mol. The van der Waals surface area contributed by atoms with Gasteiger partial charge in [0.05, 0.1) is 35.6 Å². The van der Waals surface area contributed by atoms with Crippen LogP contribution in [0.3, 0.4) is 0 Å². The number of hydrogen-bond acceptors (Lipinski definition) is 7. The van der Waals surface area contributed by atoms with Crippen LogP contribution in [0.1, 0.15) is 90.9 Å². The number of hydrogen-bond donors (Lipinski definition) is 0. The molecule has 206 valence electrons. The number of carbonyl (C=O) groups is 2. The molecule has 3 aliphatic heterocycles. The Morgan fingerprint density at radius 1 is 1.03 bits per heavy atom. The van der Waals surface area contributed by atoms with Gasteiger partial charge in [-0.05, 0) is 72.4 Å². The van der Waals surface area contributed by atoms with E-state index >= 15 is 0 Å². The fourth-order valence-corrected chi connectivity index (χ4v) is 6.20. The SMILES string of the molecule is C[C@@H]1[C@@H]([C@H](C)C=O)OC(C)(C)O[C@H]1C[C@H]1CC[C@@](C)([C@H]2CC[C@@](C)([C@@H](C)OC(=O)c3ccccc3)O2)O1. The molecule has 0 aromatic heterocycles. The lowest BCUT2D eigenvalue weighted by Crippen LogP contribution is -2.53. The third kappa shape index (κ3) is 6.11. The van der Waals surface area contributed by atoms with E-state index in [-0.39, 0.29) is 48.3 Å². The van der Waals surface area contributed by atoms with Gasteiger partial charge in [0, 0.05) is 18.3 Å². The van der Waals surface area contributed by atoms with Crippen molar-refractivity contribution >= 4 is 12.3 Å². The largest absolute Gasteiger partial charge is 0.456 e. The van der Waals surface area contributed by atoms with Crippen LogP contribution in [0.4, 0.5) is 0 Å². The van der Waals surface area contributed by atoms with Crippen molar-refractivity contribution < 1.29 is 33.3 Å². The molecule has 37 heavy (non-hydrogen) atoms. The maximum absolute atomic E-state index is 12.6. The first-order chi connectivity index (χ1) is 17.4. The highest BCUT2D eigenvalue weighted by atomic mass is 16.7. The highest BCUT2D eigenvalue weighted by Crippen LogP contribution is 2.46. The van der Waals surface area contributed by atoms with Crippen LogP contribution in [-0.2, 0) is 28.5 Å². The van der Waals surface area contributed by atoms with E-state index in [1.807, 2.05) is 52.8 Å². The van der Waals surface area contributed by atoms with Gasteiger partial charge >= 0.3 is 5.97 Å². The topological polar surface area (TPSA) is 80.3 Å². The molecule has 0 saturated carbocycles. The highest BCUT2D eigenvalue weighted by molar-refractivity contribution is 5.89. The van der Waals surface area contributed by atoms with Gasteiger partial charge in [0.1, 0.15) is 18.0 Å². The van der Waals surface area contributed by atoms with Crippen molar-refractivity contribution in [1.82, 2.24) is 0 Å². The summed E-state index contributed by atoms with van der Waals surface area (Å²) >= 11 is 0. The van der Waals surface area contributed by atoms with Gasteiger partial charge in [0.15, 0.2) is 5.79 Å². The summed E-state index contributed by atoms with van der Waals surface area (Å²) < 4.78 is 31.5. The Morgan fingerprint density at radius 3 is 2.41 bits per heavy atom. The molecule has 4 rings (SSSR count). The number of aldehydes is 1. The molecule has 7 heteroatoms. The molecule has 0 N–H and O–H groups in total. The molecule has 0 amide bonds. The zero-order chi connectivity index (χ0) is 27.0. The molecule has 0 aliphatic carbocycles. The molecule has 3 aliphatic rings. The second-order valence-corrected chi connectivity index (χ2v) is 12.2. The molecule has 3 saturated heterocycles. The van der Waals surface area contributed by atoms with E-state index in [2.05, 4.69) is 13.8 Å². The minimum absolute atomic E-state index is 0.0438. The Bertz CT molecular complexity index is 949. The molecule has 0 spiro atoms. The summed E-state index contributed by atoms with van der Waals surface area (Å²) in [6, 6.07) is 9.05. The van der Waals surface area contributed by atoms with E-state index in [1.54, 1.807) is 12.1 Å². The molecule has 0 radical (unpaired) electrons. The van der Waals surface area contributed by atoms with Crippen LogP contribution in [0.5, 0.6) is 0 Å². The van der Waals surface area contributed by atoms with Crippen LogP contribution < -0.4 is 0 Å². The molecular weight excluding hydrogens is 472 g/mol. The number of carbonyl (C=O) groups excluding carboxylic acids is 2. The van der Waals surface area contributed by atoms with Crippen molar-refractivity contribution in [3.8, 4) is 0 Å². The van der Waals surface area contributed by atoms with Gasteiger partial charge < -0.3 is 28.5 Å². The number of rotatable bonds is 8. The lowest BCUT2D eigenvalue weighted by molar-refractivity contribution is -0.327. The Hall–Kier alpha value is -1.80. The smallest absolute Gasteiger partial charge is 0.338 e. The molecule has 7 nitrogen and oxygen atoms in total. The van der Waals surface area contributed by atoms with Gasteiger partial charge in [-0.1, -0.05) is 32.0 Å². The van der Waals surface area contributed by atoms with Crippen molar-refractivity contribution in [2.45, 2.75) is 128 Å². The van der Waals surface area contributed by atoms with E-state index in [0.717, 1.165) is 38.4 Å². The fourth-order valence-electron chi connectivity index (χ4n) is 6.20. The zero-order valence-electron chi connectivity index (χ0n) is 23.4. The second-order valence-electron chi connectivity index (χ2n) is 12.2. The molecule has 1 aromatic rings. The third-order valence-corrected chi connectivity index (χ3v) is 8.74. The molecule has 3 heterocycles. The van der Waals surface area contributed by atoms with E-state index < -0.39 is 17.0 Å². The number of ether oxygens (including phenoxy) is 5. The van der Waals surface area contributed by atoms with Gasteiger partial charge in [0.2, 0.25) is 0 Å². The highest BCUT2D eigenvalue weighted by Gasteiger charge is 2.53. The predicted octanol–water partition coefficient (Wildman–Crippen LogP) is 5.49. The average Bonchev–Trinajstić information content (AvgIpc) is 3.45. The quantitative estimate of drug-likeness (QED) is 0.334. The first kappa shape index (κ1) is 28.2. The molecule has 3 fully saturated rings. The number of esters is 1. The third-order valence-electron chi connectivity index (χ3n) is 8.74. The lowest BCUT2D eigenvalue weighted by atomic mass is 9.85. The van der Waals surface area contributed by atoms with Gasteiger partial charge in [0.25, 0.3) is 0 Å². The molecular formula is C30H44O7. The van der Waals surface area contributed by atoms with Crippen LogP contribution >= 0.6 is 0 Å². The summed E-state index contributed by atoms with van der Waals surface area (Å²) in [7, 11) is 0. The molecule has 9 atom stereocenters. The summed E-state index contributed by atoms with van der Waals surface area (Å²) in [5.74, 6) is -1.20. The van der Waals surface area contributed by atoms with E-state index in [1.165, 1.54) is 0 Å². The van der Waals surface area contributed by atoms with Crippen molar-refractivity contribution in [2.24, 2.45) is 11.8 Å². The summed E-state index contributed by atoms with van der Waals surface area (Å²) in [6.07, 6.45) is 4.52. The summed E-state index contributed by atoms with van der Waals surface area (Å²) in [5, 5.41) is 0. The van der Waals surface area contributed by atoms with Crippen LogP contribution in [0.2, 0.25) is 0 Å². The van der Waals surface area contributed by atoms with Crippen LogP contribution in [0, 0.1) is 11.8 Å². The van der Waals surface area contributed by atoms with Gasteiger partial charge in [-0.2, -0.15) is 0 Å². The fraction of sp³-hybridized carbons (Fsp3) is 0.733. The summed E-state index contributed by atoms with van der Waals surface area (Å²) in [5.41, 5.74) is -0.440. The Kier molecular flexibility index (Phi) is 8.20. The summed E-state index contributed by atoms with van der Waals surface area (Å²) in [6.45, 7) is 13.9. The van der Waals surface area contributed by atoms with E-state index in [9.17, 15) is 9.59 Å². The van der Waals surface area contributed by atoms with Crippen LogP contribution in [0.15, 0.2) is 30.3 Å². The predicted molar refractivity (Wildman–Crippen MR) is 139 cm³/mol. The van der Waals surface area contributed by atoms with E-state index in [4.69, 9.17) is 23.7 Å². The summed E-state index contributed by atoms with van der Waals surface area (Å²) in [4.78, 5) is 24.1. The van der Waals surface area contributed by atoms with Crippen LogP contribution in [0.25, 0.3) is 0 Å². The Labute approximate surface area is 221 Å². The van der Waals surface area contributed by atoms with Crippen molar-refractivity contribution in [1.29, 1.82) is 0 Å². The minimum atomic E-state index is -0.745. The van der Waals surface area contributed by atoms with Gasteiger partial charge in [-0.15, -0.1) is 0 Å². The maximum Gasteiger partial charge on any atom is 0.338 e. The number of benzene rings is 1. The van der Waals surface area contributed by atoms with Crippen LogP contribution in [-0.4, -0.2) is 59.8 Å². The lowest BCUT2D eigenvalue weighted by Gasteiger charge is -2.46. The van der Waals surface area contributed by atoms with Gasteiger partial charge in [-0.3, -0.25) is 0 Å². The van der Waals surface area contributed by atoms with Crippen molar-refractivity contribution in [2.75, 3.05) is 0 Å². The molecule has 0 unspecified atom stereocenters. The van der Waals surface area contributed by atoms with Crippen molar-refractivity contribution in [3.05, 3.63) is 35.9 Å². The Balaban J connectivity index is 1.35. The minimum Gasteiger partial charge on any atom is -0.456 e. The van der Waals surface area contributed by atoms with Gasteiger partial charge in [-0.25, -0.2) is 4.79 Å². The molecule has 0 bridgehead atoms. The van der Waals surface area contributed by atoms with E-state index in [0.29, 0.717) is 5.56 Å². The first-order valence-electron chi connectivity index (χ1n) is 13.8.